The summed E-state index contributed by atoms with van der Waals surface area (Å²) < 4.78 is 22.9. The van der Waals surface area contributed by atoms with Crippen LogP contribution in [-0.2, 0) is 14.6 Å². The highest BCUT2D eigenvalue weighted by molar-refractivity contribution is 7.91. The lowest BCUT2D eigenvalue weighted by Gasteiger charge is -2.33. The van der Waals surface area contributed by atoms with Crippen LogP contribution in [0.4, 0.5) is 0 Å². The maximum absolute atomic E-state index is 11.4. The van der Waals surface area contributed by atoms with E-state index >= 15 is 0 Å². The van der Waals surface area contributed by atoms with E-state index in [0.29, 0.717) is 12.8 Å². The first-order chi connectivity index (χ1) is 7.30. The minimum absolute atomic E-state index is 0.0266. The van der Waals surface area contributed by atoms with Crippen LogP contribution in [0.25, 0.3) is 0 Å². The van der Waals surface area contributed by atoms with Crippen molar-refractivity contribution in [3.05, 3.63) is 0 Å². The summed E-state index contributed by atoms with van der Waals surface area (Å²) >= 11 is 0. The predicted octanol–water partition coefficient (Wildman–Crippen LogP) is 0.359. The zero-order valence-electron chi connectivity index (χ0n) is 9.72. The summed E-state index contributed by atoms with van der Waals surface area (Å²) in [6, 6.07) is 0.0737. The second-order valence-corrected chi connectivity index (χ2v) is 6.91. The maximum atomic E-state index is 11.4. The van der Waals surface area contributed by atoms with E-state index in [-0.39, 0.29) is 17.8 Å². The summed E-state index contributed by atoms with van der Waals surface area (Å²) in [5.41, 5.74) is 0. The van der Waals surface area contributed by atoms with Gasteiger partial charge in [-0.05, 0) is 26.3 Å². The Labute approximate surface area is 96.4 Å². The highest BCUT2D eigenvalue weighted by Crippen LogP contribution is 2.26. The van der Waals surface area contributed by atoms with Crippen molar-refractivity contribution < 1.29 is 18.3 Å². The summed E-state index contributed by atoms with van der Waals surface area (Å²) in [5.74, 6) is -0.871. The summed E-state index contributed by atoms with van der Waals surface area (Å²) in [6.07, 6.45) is 4.26. The molecule has 0 aromatic heterocycles. The van der Waals surface area contributed by atoms with Crippen molar-refractivity contribution in [1.29, 1.82) is 0 Å². The van der Waals surface area contributed by atoms with Crippen LogP contribution in [0.2, 0.25) is 0 Å². The Hall–Kier alpha value is -0.620. The van der Waals surface area contributed by atoms with Gasteiger partial charge in [-0.2, -0.15) is 0 Å². The third kappa shape index (κ3) is 3.75. The third-order valence-electron chi connectivity index (χ3n) is 3.21. The van der Waals surface area contributed by atoms with E-state index in [1.165, 1.54) is 6.26 Å². The van der Waals surface area contributed by atoms with Crippen LogP contribution < -0.4 is 0 Å². The van der Waals surface area contributed by atoms with E-state index in [0.717, 1.165) is 12.8 Å². The van der Waals surface area contributed by atoms with Gasteiger partial charge in [-0.1, -0.05) is 6.42 Å². The molecule has 2 atom stereocenters. The van der Waals surface area contributed by atoms with Crippen LogP contribution in [0.15, 0.2) is 0 Å². The number of carboxylic acids is 1. The van der Waals surface area contributed by atoms with Crippen LogP contribution in [0.5, 0.6) is 0 Å². The van der Waals surface area contributed by atoms with Gasteiger partial charge in [0.2, 0.25) is 0 Å². The molecule has 1 aliphatic rings. The molecule has 0 spiro atoms. The number of carbonyl (C=O) groups is 1. The van der Waals surface area contributed by atoms with E-state index in [9.17, 15) is 13.2 Å². The van der Waals surface area contributed by atoms with E-state index in [1.54, 1.807) is 11.9 Å². The Kier molecular flexibility index (Phi) is 4.32. The van der Waals surface area contributed by atoms with Gasteiger partial charge in [-0.3, -0.25) is 9.69 Å². The fourth-order valence-electron chi connectivity index (χ4n) is 2.25. The zero-order chi connectivity index (χ0) is 12.3. The predicted molar refractivity (Wildman–Crippen MR) is 61.2 cm³/mol. The lowest BCUT2D eigenvalue weighted by molar-refractivity contribution is -0.138. The smallest absolute Gasteiger partial charge is 0.317 e. The van der Waals surface area contributed by atoms with E-state index < -0.39 is 15.8 Å². The van der Waals surface area contributed by atoms with Gasteiger partial charge >= 0.3 is 5.97 Å². The van der Waals surface area contributed by atoms with Crippen molar-refractivity contribution in [1.82, 2.24) is 4.90 Å². The monoisotopic (exact) mass is 249 g/mol. The number of hydrogen-bond acceptors (Lipinski definition) is 4. The zero-order valence-corrected chi connectivity index (χ0v) is 10.5. The minimum Gasteiger partial charge on any atom is -0.480 e. The molecule has 0 aliphatic heterocycles. The average Bonchev–Trinajstić information content (AvgIpc) is 2.15. The van der Waals surface area contributed by atoms with Crippen molar-refractivity contribution >= 4 is 15.8 Å². The molecule has 1 rings (SSSR count). The first-order valence-electron chi connectivity index (χ1n) is 5.41. The summed E-state index contributed by atoms with van der Waals surface area (Å²) in [7, 11) is -1.26. The van der Waals surface area contributed by atoms with Crippen LogP contribution in [0.1, 0.15) is 25.7 Å². The van der Waals surface area contributed by atoms with E-state index in [4.69, 9.17) is 5.11 Å². The number of rotatable bonds is 4. The first-order valence-corrected chi connectivity index (χ1v) is 7.37. The molecule has 0 bridgehead atoms. The van der Waals surface area contributed by atoms with Crippen molar-refractivity contribution in [2.24, 2.45) is 0 Å². The van der Waals surface area contributed by atoms with Gasteiger partial charge < -0.3 is 5.11 Å². The van der Waals surface area contributed by atoms with Gasteiger partial charge in [0.05, 0.1) is 11.8 Å². The molecule has 0 saturated heterocycles. The minimum atomic E-state index is -2.99. The van der Waals surface area contributed by atoms with Crippen molar-refractivity contribution in [3.8, 4) is 0 Å². The molecular weight excluding hydrogens is 230 g/mol. The summed E-state index contributed by atoms with van der Waals surface area (Å²) in [4.78, 5) is 12.3. The third-order valence-corrected chi connectivity index (χ3v) is 4.85. The lowest BCUT2D eigenvalue weighted by Crippen LogP contribution is -2.42. The normalized spacial score (nSPS) is 26.9. The molecule has 0 aromatic carbocycles. The largest absolute Gasteiger partial charge is 0.480 e. The van der Waals surface area contributed by atoms with Crippen molar-refractivity contribution in [3.63, 3.8) is 0 Å². The molecule has 94 valence electrons. The Balaban J connectivity index is 2.60. The SMILES string of the molecule is CN(CC(=O)O)C1CCCC(S(C)(=O)=O)C1. The topological polar surface area (TPSA) is 74.7 Å². The molecule has 1 saturated carbocycles. The van der Waals surface area contributed by atoms with Crippen LogP contribution in [0, 0.1) is 0 Å². The van der Waals surface area contributed by atoms with Gasteiger partial charge in [0.25, 0.3) is 0 Å². The maximum Gasteiger partial charge on any atom is 0.317 e. The van der Waals surface area contributed by atoms with Crippen molar-refractivity contribution in [2.75, 3.05) is 19.8 Å². The Bertz CT molecular complexity index is 352. The molecular formula is C10H19NO4S. The number of likely N-dealkylation sites (N-methyl/N-ethyl adjacent to an activating group) is 1. The fourth-order valence-corrected chi connectivity index (χ4v) is 3.42. The number of sulfone groups is 1. The molecule has 16 heavy (non-hydrogen) atoms. The quantitative estimate of drug-likeness (QED) is 0.778. The second-order valence-electron chi connectivity index (χ2n) is 4.58. The summed E-state index contributed by atoms with van der Waals surface area (Å²) in [5, 5.41) is 8.38. The molecule has 1 aliphatic carbocycles. The number of hydrogen-bond donors (Lipinski definition) is 1. The molecule has 0 heterocycles. The summed E-state index contributed by atoms with van der Waals surface area (Å²) in [6.45, 7) is -0.0266. The molecule has 6 heteroatoms. The van der Waals surface area contributed by atoms with Gasteiger partial charge in [-0.25, -0.2) is 8.42 Å². The number of aliphatic carboxylic acids is 1. The Morgan fingerprint density at radius 2 is 2.06 bits per heavy atom. The van der Waals surface area contributed by atoms with Gasteiger partial charge in [-0.15, -0.1) is 0 Å². The highest BCUT2D eigenvalue weighted by atomic mass is 32.2. The van der Waals surface area contributed by atoms with Gasteiger partial charge in [0.15, 0.2) is 0 Å². The molecule has 0 radical (unpaired) electrons. The molecule has 2 unspecified atom stereocenters. The van der Waals surface area contributed by atoms with Crippen LogP contribution in [0.3, 0.4) is 0 Å². The first kappa shape index (κ1) is 13.4. The van der Waals surface area contributed by atoms with Crippen LogP contribution in [-0.4, -0.2) is 55.5 Å². The molecule has 0 amide bonds. The van der Waals surface area contributed by atoms with Crippen molar-refractivity contribution in [2.45, 2.75) is 37.0 Å². The standard InChI is InChI=1S/C10H19NO4S/c1-11(7-10(12)13)8-4-3-5-9(6-8)16(2,14)15/h8-9H,3-7H2,1-2H3,(H,12,13). The van der Waals surface area contributed by atoms with Crippen LogP contribution >= 0.6 is 0 Å². The Morgan fingerprint density at radius 1 is 1.44 bits per heavy atom. The molecule has 0 aromatic rings. The van der Waals surface area contributed by atoms with Gasteiger partial charge in [0, 0.05) is 12.3 Å². The second kappa shape index (κ2) is 5.14. The average molecular weight is 249 g/mol. The number of carboxylic acid groups (broad SMARTS) is 1. The fraction of sp³-hybridized carbons (Fsp3) is 0.900. The van der Waals surface area contributed by atoms with Gasteiger partial charge in [0.1, 0.15) is 9.84 Å². The highest BCUT2D eigenvalue weighted by Gasteiger charge is 2.31. The molecule has 1 fully saturated rings. The Morgan fingerprint density at radius 3 is 2.56 bits per heavy atom. The molecule has 1 N–H and O–H groups in total. The lowest BCUT2D eigenvalue weighted by atomic mass is 9.94. The van der Waals surface area contributed by atoms with E-state index in [2.05, 4.69) is 0 Å². The van der Waals surface area contributed by atoms with E-state index in [1.807, 2.05) is 0 Å². The number of nitrogens with zero attached hydrogens (tertiary/aromatic N) is 1. The molecule has 5 nitrogen and oxygen atoms in total.